The highest BCUT2D eigenvalue weighted by Gasteiger charge is 2.28. The zero-order valence-corrected chi connectivity index (χ0v) is 12.1. The third-order valence-corrected chi connectivity index (χ3v) is 4.01. The molecule has 2 rings (SSSR count). The second-order valence-electron chi connectivity index (χ2n) is 6.39. The minimum absolute atomic E-state index is 0.0786. The van der Waals surface area contributed by atoms with Crippen molar-refractivity contribution in [3.63, 3.8) is 0 Å². The van der Waals surface area contributed by atoms with E-state index in [0.29, 0.717) is 11.0 Å². The number of hydrogen-bond donors (Lipinski definition) is 2. The second-order valence-corrected chi connectivity index (χ2v) is 6.39. The van der Waals surface area contributed by atoms with Crippen LogP contribution in [-0.2, 0) is 0 Å². The molecule has 0 aliphatic heterocycles. The van der Waals surface area contributed by atoms with Crippen LogP contribution in [0.15, 0.2) is 18.2 Å². The van der Waals surface area contributed by atoms with E-state index in [1.54, 1.807) is 0 Å². The summed E-state index contributed by atoms with van der Waals surface area (Å²) in [6.45, 7) is 6.63. The summed E-state index contributed by atoms with van der Waals surface area (Å²) < 4.78 is 6.08. The number of nitrogen functional groups attached to an aromatic ring is 1. The van der Waals surface area contributed by atoms with E-state index in [0.717, 1.165) is 24.2 Å². The van der Waals surface area contributed by atoms with Crippen molar-refractivity contribution in [1.29, 1.82) is 5.41 Å². The number of rotatable bonds is 3. The van der Waals surface area contributed by atoms with Gasteiger partial charge < -0.3 is 10.5 Å². The summed E-state index contributed by atoms with van der Waals surface area (Å²) in [6.07, 6.45) is 4.81. The number of benzene rings is 1. The van der Waals surface area contributed by atoms with E-state index in [-0.39, 0.29) is 11.9 Å². The summed E-state index contributed by atoms with van der Waals surface area (Å²) in [6, 6.07) is 5.87. The highest BCUT2D eigenvalue weighted by Crippen LogP contribution is 2.37. The molecule has 1 saturated carbocycles. The molecule has 0 unspecified atom stereocenters. The van der Waals surface area contributed by atoms with Crippen molar-refractivity contribution in [1.82, 2.24) is 0 Å². The Kier molecular flexibility index (Phi) is 3.83. The SMILES string of the molecule is Cc1ccc(OC2CCC(C)(C)CC2)c(C(=N)N)c1. The molecule has 19 heavy (non-hydrogen) atoms. The van der Waals surface area contributed by atoms with Gasteiger partial charge in [0.25, 0.3) is 0 Å². The van der Waals surface area contributed by atoms with Gasteiger partial charge >= 0.3 is 0 Å². The van der Waals surface area contributed by atoms with Crippen LogP contribution >= 0.6 is 0 Å². The van der Waals surface area contributed by atoms with Crippen molar-refractivity contribution < 1.29 is 4.74 Å². The Morgan fingerprint density at radius 3 is 2.53 bits per heavy atom. The first-order valence-electron chi connectivity index (χ1n) is 6.99. The number of hydrogen-bond acceptors (Lipinski definition) is 2. The van der Waals surface area contributed by atoms with Crippen molar-refractivity contribution in [2.24, 2.45) is 11.1 Å². The Morgan fingerprint density at radius 1 is 1.32 bits per heavy atom. The van der Waals surface area contributed by atoms with E-state index in [9.17, 15) is 0 Å². The van der Waals surface area contributed by atoms with Crippen LogP contribution in [0.1, 0.15) is 50.7 Å². The van der Waals surface area contributed by atoms with E-state index in [1.807, 2.05) is 25.1 Å². The first-order valence-corrected chi connectivity index (χ1v) is 6.99. The maximum Gasteiger partial charge on any atom is 0.130 e. The van der Waals surface area contributed by atoms with Gasteiger partial charge in [-0.3, -0.25) is 5.41 Å². The summed E-state index contributed by atoms with van der Waals surface area (Å²) in [7, 11) is 0. The van der Waals surface area contributed by atoms with Gasteiger partial charge in [0.15, 0.2) is 0 Å². The van der Waals surface area contributed by atoms with Gasteiger partial charge in [-0.05, 0) is 50.2 Å². The predicted octanol–water partition coefficient (Wildman–Crippen LogP) is 3.63. The van der Waals surface area contributed by atoms with Crippen molar-refractivity contribution in [3.05, 3.63) is 29.3 Å². The summed E-state index contributed by atoms with van der Waals surface area (Å²) in [5.74, 6) is 0.831. The van der Waals surface area contributed by atoms with Crippen LogP contribution in [0, 0.1) is 17.7 Å². The molecule has 0 saturated heterocycles. The van der Waals surface area contributed by atoms with Crippen LogP contribution in [-0.4, -0.2) is 11.9 Å². The van der Waals surface area contributed by atoms with Crippen LogP contribution in [0.25, 0.3) is 0 Å². The van der Waals surface area contributed by atoms with Gasteiger partial charge in [-0.1, -0.05) is 25.5 Å². The van der Waals surface area contributed by atoms with Crippen LogP contribution < -0.4 is 10.5 Å². The topological polar surface area (TPSA) is 59.1 Å². The average Bonchev–Trinajstić information content (AvgIpc) is 2.33. The Hall–Kier alpha value is -1.51. The number of nitrogens with one attached hydrogen (secondary N) is 1. The fourth-order valence-electron chi connectivity index (χ4n) is 2.63. The summed E-state index contributed by atoms with van der Waals surface area (Å²) in [4.78, 5) is 0. The van der Waals surface area contributed by atoms with Gasteiger partial charge in [0.1, 0.15) is 11.6 Å². The van der Waals surface area contributed by atoms with E-state index < -0.39 is 0 Å². The molecular weight excluding hydrogens is 236 g/mol. The quantitative estimate of drug-likeness (QED) is 0.644. The molecule has 3 heteroatoms. The fraction of sp³-hybridized carbons (Fsp3) is 0.562. The van der Waals surface area contributed by atoms with E-state index in [2.05, 4.69) is 13.8 Å². The van der Waals surface area contributed by atoms with Gasteiger partial charge in [-0.15, -0.1) is 0 Å². The predicted molar refractivity (Wildman–Crippen MR) is 78.9 cm³/mol. The number of amidine groups is 1. The lowest BCUT2D eigenvalue weighted by Crippen LogP contribution is -2.29. The molecule has 0 aromatic heterocycles. The number of ether oxygens (including phenoxy) is 1. The third kappa shape index (κ3) is 3.49. The smallest absolute Gasteiger partial charge is 0.130 e. The van der Waals surface area contributed by atoms with Crippen LogP contribution in [0.2, 0.25) is 0 Å². The fourth-order valence-corrected chi connectivity index (χ4v) is 2.63. The lowest BCUT2D eigenvalue weighted by atomic mass is 9.76. The molecule has 0 heterocycles. The van der Waals surface area contributed by atoms with Gasteiger partial charge in [0.2, 0.25) is 0 Å². The molecule has 3 nitrogen and oxygen atoms in total. The summed E-state index contributed by atoms with van der Waals surface area (Å²) >= 11 is 0. The zero-order chi connectivity index (χ0) is 14.0. The molecule has 1 aromatic carbocycles. The molecule has 0 bridgehead atoms. The van der Waals surface area contributed by atoms with E-state index >= 15 is 0 Å². The van der Waals surface area contributed by atoms with Crippen molar-refractivity contribution in [2.45, 2.75) is 52.6 Å². The molecular formula is C16H24N2O. The van der Waals surface area contributed by atoms with E-state index in [1.165, 1.54) is 12.8 Å². The summed E-state index contributed by atoms with van der Waals surface area (Å²) in [5, 5.41) is 7.65. The lowest BCUT2D eigenvalue weighted by molar-refractivity contribution is 0.0986. The molecule has 1 aliphatic carbocycles. The Bertz CT molecular complexity index is 470. The Balaban J connectivity index is 2.10. The van der Waals surface area contributed by atoms with Gasteiger partial charge in [-0.25, -0.2) is 0 Å². The van der Waals surface area contributed by atoms with Gasteiger partial charge in [0, 0.05) is 0 Å². The molecule has 3 N–H and O–H groups in total. The minimum atomic E-state index is 0.0786. The maximum absolute atomic E-state index is 7.65. The van der Waals surface area contributed by atoms with E-state index in [4.69, 9.17) is 15.9 Å². The molecule has 1 aliphatic rings. The first kappa shape index (κ1) is 13.9. The second kappa shape index (κ2) is 5.24. The minimum Gasteiger partial charge on any atom is -0.490 e. The molecule has 0 atom stereocenters. The normalized spacial score (nSPS) is 19.1. The first-order chi connectivity index (χ1) is 8.87. The maximum atomic E-state index is 7.65. The molecule has 1 aromatic rings. The number of nitrogens with two attached hydrogens (primary N) is 1. The van der Waals surface area contributed by atoms with Gasteiger partial charge in [0.05, 0.1) is 11.7 Å². The van der Waals surface area contributed by atoms with Crippen molar-refractivity contribution >= 4 is 5.84 Å². The molecule has 0 spiro atoms. The summed E-state index contributed by atoms with van der Waals surface area (Å²) in [5.41, 5.74) is 7.89. The largest absolute Gasteiger partial charge is 0.490 e. The van der Waals surface area contributed by atoms with Crippen molar-refractivity contribution in [3.8, 4) is 5.75 Å². The van der Waals surface area contributed by atoms with Crippen LogP contribution in [0.4, 0.5) is 0 Å². The number of aryl methyl sites for hydroxylation is 1. The van der Waals surface area contributed by atoms with Crippen LogP contribution in [0.3, 0.4) is 0 Å². The highest BCUT2D eigenvalue weighted by molar-refractivity contribution is 5.97. The van der Waals surface area contributed by atoms with Crippen molar-refractivity contribution in [2.75, 3.05) is 0 Å². The Labute approximate surface area is 115 Å². The molecule has 104 valence electrons. The monoisotopic (exact) mass is 260 g/mol. The lowest BCUT2D eigenvalue weighted by Gasteiger charge is -2.34. The average molecular weight is 260 g/mol. The molecule has 1 fully saturated rings. The van der Waals surface area contributed by atoms with Gasteiger partial charge in [-0.2, -0.15) is 0 Å². The standard InChI is InChI=1S/C16H24N2O/c1-11-4-5-14(13(10-11)15(17)18)19-12-6-8-16(2,3)9-7-12/h4-5,10,12H,6-9H2,1-3H3,(H3,17,18). The zero-order valence-electron chi connectivity index (χ0n) is 12.1. The molecule has 0 amide bonds. The third-order valence-electron chi connectivity index (χ3n) is 4.01. The highest BCUT2D eigenvalue weighted by atomic mass is 16.5. The molecule has 0 radical (unpaired) electrons. The Morgan fingerprint density at radius 2 is 1.95 bits per heavy atom. The van der Waals surface area contributed by atoms with Crippen LogP contribution in [0.5, 0.6) is 5.75 Å².